The van der Waals surface area contributed by atoms with Crippen LogP contribution in [-0.2, 0) is 11.8 Å². The Hall–Kier alpha value is -7.76. The predicted molar refractivity (Wildman–Crippen MR) is 263 cm³/mol. The lowest BCUT2D eigenvalue weighted by Gasteiger charge is -2.23. The summed E-state index contributed by atoms with van der Waals surface area (Å²) >= 11 is 0. The third-order valence-corrected chi connectivity index (χ3v) is 14.4. The maximum Gasteiger partial charge on any atom is 0.160 e. The Morgan fingerprint density at radius 3 is 2.28 bits per heavy atom. The lowest BCUT2D eigenvalue weighted by Crippen LogP contribution is -2.15. The van der Waals surface area contributed by atoms with Crippen molar-refractivity contribution in [3.63, 3.8) is 0 Å². The Bertz CT molecular complexity index is 3940. The second-order valence-electron chi connectivity index (χ2n) is 18.3. The van der Waals surface area contributed by atoms with Gasteiger partial charge in [-0.1, -0.05) is 117 Å². The van der Waals surface area contributed by atoms with E-state index in [4.69, 9.17) is 18.8 Å². The fraction of sp³-hybridized carbons (Fsp3) is 0.119. The predicted octanol–water partition coefficient (Wildman–Crippen LogP) is 15.7. The van der Waals surface area contributed by atoms with Crippen molar-refractivity contribution >= 4 is 77.3 Å². The molecule has 0 unspecified atom stereocenters. The van der Waals surface area contributed by atoms with Crippen LogP contribution in [0.25, 0.3) is 117 Å². The number of hydrogen-bond donors (Lipinski definition) is 0. The Morgan fingerprint density at radius 1 is 0.578 bits per heavy atom. The second-order valence-corrected chi connectivity index (χ2v) is 18.3. The number of para-hydroxylation sites is 3. The Labute approximate surface area is 369 Å². The standard InChI is InChI=1S/C59H41N3O2/c1-59(2)47-32-36(58-60-49-20-9-6-17-45(49)55(61-58)34-13-4-3-5-14-34)23-26-39(47)40-27-25-37(33-48(40)59)62-50-29-24-35(38-18-12-19-43-41-15-7-10-21-52(41)63-56(38)43)31-46(50)54-51(62)30-28-44-42-16-8-11-22-53(42)64-57(44)54/h3-4,6,8-13,16-33H,5,7,14-15H2,1-2H3. The van der Waals surface area contributed by atoms with Crippen molar-refractivity contribution in [3.05, 3.63) is 186 Å². The maximum atomic E-state index is 6.80. The molecule has 7 aromatic carbocycles. The first-order valence-electron chi connectivity index (χ1n) is 22.5. The van der Waals surface area contributed by atoms with Gasteiger partial charge in [-0.2, -0.15) is 0 Å². The van der Waals surface area contributed by atoms with Crippen molar-refractivity contribution in [2.75, 3.05) is 0 Å². The van der Waals surface area contributed by atoms with Crippen molar-refractivity contribution in [2.24, 2.45) is 0 Å². The molecule has 5 heteroatoms. The molecule has 3 aliphatic carbocycles. The van der Waals surface area contributed by atoms with Gasteiger partial charge in [0, 0.05) is 54.7 Å². The minimum absolute atomic E-state index is 0.277. The molecule has 0 aliphatic heterocycles. The van der Waals surface area contributed by atoms with Gasteiger partial charge in [-0.05, 0) is 120 Å². The van der Waals surface area contributed by atoms with Crippen LogP contribution in [-0.4, -0.2) is 14.5 Å². The molecule has 14 rings (SSSR count). The topological polar surface area (TPSA) is 57.0 Å². The summed E-state index contributed by atoms with van der Waals surface area (Å²) in [5.74, 6) is 1.75. The van der Waals surface area contributed by atoms with Gasteiger partial charge in [0.15, 0.2) is 5.82 Å². The van der Waals surface area contributed by atoms with Crippen molar-refractivity contribution in [1.82, 2.24) is 14.5 Å². The molecule has 0 atom stereocenters. The molecule has 0 saturated carbocycles. The van der Waals surface area contributed by atoms with Crippen LogP contribution >= 0.6 is 0 Å². The van der Waals surface area contributed by atoms with E-state index in [9.17, 15) is 0 Å². The fourth-order valence-electron chi connectivity index (χ4n) is 11.2. The molecule has 4 aromatic heterocycles. The number of aryl methyl sites for hydroxylation is 1. The molecule has 0 radical (unpaired) electrons. The first-order valence-corrected chi connectivity index (χ1v) is 22.5. The zero-order chi connectivity index (χ0) is 42.3. The zero-order valence-electron chi connectivity index (χ0n) is 35.6. The molecule has 0 amide bonds. The van der Waals surface area contributed by atoms with E-state index in [1.165, 1.54) is 38.8 Å². The highest BCUT2D eigenvalue weighted by Gasteiger charge is 2.36. The smallest absolute Gasteiger partial charge is 0.160 e. The largest absolute Gasteiger partial charge is 0.456 e. The minimum Gasteiger partial charge on any atom is -0.456 e. The second kappa shape index (κ2) is 13.1. The number of fused-ring (bicyclic) bond motifs is 14. The molecular formula is C59H41N3O2. The van der Waals surface area contributed by atoms with Crippen molar-refractivity contribution in [3.8, 4) is 39.3 Å². The zero-order valence-corrected chi connectivity index (χ0v) is 35.6. The van der Waals surface area contributed by atoms with E-state index in [-0.39, 0.29) is 5.41 Å². The van der Waals surface area contributed by atoms with E-state index in [0.717, 1.165) is 126 Å². The SMILES string of the molecule is CC1(C)c2cc(-c3nc(C4=CC=CCC4)c4ccccc4n3)ccc2-c2ccc(-n3c4ccc(-c5cccc6c7c(oc56)C=CCC7)cc4c4c5oc6ccccc6c5ccc43)cc21. The Balaban J connectivity index is 0.937. The first-order chi connectivity index (χ1) is 31.5. The molecule has 304 valence electrons. The molecule has 0 bridgehead atoms. The first kappa shape index (κ1) is 35.8. The molecular weight excluding hydrogens is 783 g/mol. The molecule has 11 aromatic rings. The third-order valence-electron chi connectivity index (χ3n) is 14.4. The lowest BCUT2D eigenvalue weighted by atomic mass is 9.81. The van der Waals surface area contributed by atoms with E-state index in [0.29, 0.717) is 0 Å². The molecule has 0 N–H and O–H groups in total. The van der Waals surface area contributed by atoms with Crippen LogP contribution in [0.4, 0.5) is 0 Å². The quantitative estimate of drug-likeness (QED) is 0.177. The molecule has 64 heavy (non-hydrogen) atoms. The van der Waals surface area contributed by atoms with E-state index in [1.54, 1.807) is 0 Å². The van der Waals surface area contributed by atoms with Crippen LogP contribution in [0, 0.1) is 0 Å². The van der Waals surface area contributed by atoms with Crippen molar-refractivity contribution < 1.29 is 8.83 Å². The van der Waals surface area contributed by atoms with Gasteiger partial charge in [0.25, 0.3) is 0 Å². The van der Waals surface area contributed by atoms with Gasteiger partial charge < -0.3 is 13.4 Å². The molecule has 0 spiro atoms. The van der Waals surface area contributed by atoms with E-state index in [1.807, 2.05) is 0 Å². The normalized spacial score (nSPS) is 15.2. The van der Waals surface area contributed by atoms with E-state index >= 15 is 0 Å². The molecule has 0 saturated heterocycles. The molecule has 0 fully saturated rings. The number of nitrogens with zero attached hydrogens (tertiary/aromatic N) is 3. The van der Waals surface area contributed by atoms with Crippen LogP contribution in [0.3, 0.4) is 0 Å². The summed E-state index contributed by atoms with van der Waals surface area (Å²) < 4.78 is 15.8. The number of benzene rings is 7. The van der Waals surface area contributed by atoms with Crippen LogP contribution in [0.1, 0.15) is 61.3 Å². The summed E-state index contributed by atoms with van der Waals surface area (Å²) in [7, 11) is 0. The average molecular weight is 824 g/mol. The number of rotatable bonds is 4. The Kier molecular flexibility index (Phi) is 7.35. The summed E-state index contributed by atoms with van der Waals surface area (Å²) in [4.78, 5) is 10.4. The lowest BCUT2D eigenvalue weighted by molar-refractivity contribution is 0.596. The van der Waals surface area contributed by atoms with Gasteiger partial charge >= 0.3 is 0 Å². The van der Waals surface area contributed by atoms with Gasteiger partial charge in [0.1, 0.15) is 22.5 Å². The molecule has 5 nitrogen and oxygen atoms in total. The summed E-state index contributed by atoms with van der Waals surface area (Å²) in [5, 5.41) is 6.81. The minimum atomic E-state index is -0.277. The van der Waals surface area contributed by atoms with Gasteiger partial charge in [-0.25, -0.2) is 9.97 Å². The number of aromatic nitrogens is 3. The monoisotopic (exact) mass is 823 g/mol. The maximum absolute atomic E-state index is 6.80. The van der Waals surface area contributed by atoms with Crippen LogP contribution in [0.5, 0.6) is 0 Å². The van der Waals surface area contributed by atoms with Gasteiger partial charge in [-0.3, -0.25) is 0 Å². The highest BCUT2D eigenvalue weighted by atomic mass is 16.3. The summed E-state index contributed by atoms with van der Waals surface area (Å²) in [6.07, 6.45) is 15.0. The van der Waals surface area contributed by atoms with Crippen molar-refractivity contribution in [2.45, 2.75) is 44.9 Å². The summed E-state index contributed by atoms with van der Waals surface area (Å²) in [6, 6.07) is 48.6. The number of hydrogen-bond acceptors (Lipinski definition) is 4. The van der Waals surface area contributed by atoms with Crippen LogP contribution < -0.4 is 0 Å². The van der Waals surface area contributed by atoms with Crippen LogP contribution in [0.15, 0.2) is 167 Å². The van der Waals surface area contributed by atoms with E-state index < -0.39 is 0 Å². The highest BCUT2D eigenvalue weighted by molar-refractivity contribution is 6.24. The third kappa shape index (κ3) is 5.01. The van der Waals surface area contributed by atoms with Gasteiger partial charge in [0.05, 0.1) is 27.6 Å². The number of allylic oxidation sites excluding steroid dienone is 5. The summed E-state index contributed by atoms with van der Waals surface area (Å²) in [5.41, 5.74) is 18.8. The van der Waals surface area contributed by atoms with Gasteiger partial charge in [0.2, 0.25) is 0 Å². The summed E-state index contributed by atoms with van der Waals surface area (Å²) in [6.45, 7) is 4.71. The Morgan fingerprint density at radius 2 is 1.38 bits per heavy atom. The highest BCUT2D eigenvalue weighted by Crippen LogP contribution is 2.51. The number of furan rings is 2. The molecule has 3 aliphatic rings. The molecule has 4 heterocycles. The van der Waals surface area contributed by atoms with E-state index in [2.05, 4.69) is 182 Å². The van der Waals surface area contributed by atoms with Gasteiger partial charge in [-0.15, -0.1) is 0 Å². The fourth-order valence-corrected chi connectivity index (χ4v) is 11.2. The average Bonchev–Trinajstić information content (AvgIpc) is 4.07. The van der Waals surface area contributed by atoms with Crippen molar-refractivity contribution in [1.29, 1.82) is 0 Å². The van der Waals surface area contributed by atoms with Crippen LogP contribution in [0.2, 0.25) is 0 Å².